The number of hydrogen-bond donors (Lipinski definition) is 2. The van der Waals surface area contributed by atoms with E-state index in [1.165, 1.54) is 12.1 Å². The molecule has 0 bridgehead atoms. The summed E-state index contributed by atoms with van der Waals surface area (Å²) in [5.41, 5.74) is 1.06. The smallest absolute Gasteiger partial charge is 0.236 e. The van der Waals surface area contributed by atoms with Crippen LogP contribution in [0.4, 0.5) is 4.39 Å². The first-order valence-electron chi connectivity index (χ1n) is 6.91. The van der Waals surface area contributed by atoms with Gasteiger partial charge in [0.25, 0.3) is 0 Å². The maximum atomic E-state index is 13.0. The highest BCUT2D eigenvalue weighted by molar-refractivity contribution is 5.81. The van der Waals surface area contributed by atoms with E-state index < -0.39 is 0 Å². The maximum Gasteiger partial charge on any atom is 0.236 e. The van der Waals surface area contributed by atoms with Crippen LogP contribution in [0.5, 0.6) is 0 Å². The highest BCUT2D eigenvalue weighted by Crippen LogP contribution is 2.41. The molecule has 1 aliphatic carbocycles. The third kappa shape index (κ3) is 3.77. The average Bonchev–Trinajstić information content (AvgIpc) is 3.21. The second-order valence-electron chi connectivity index (χ2n) is 5.15. The first kappa shape index (κ1) is 14.0. The molecule has 3 nitrogen and oxygen atoms in total. The molecule has 1 amide bonds. The highest BCUT2D eigenvalue weighted by atomic mass is 19.1. The molecule has 1 aromatic carbocycles. The molecule has 1 saturated carbocycles. The average molecular weight is 264 g/mol. The number of amides is 1. The molecule has 0 aliphatic heterocycles. The summed E-state index contributed by atoms with van der Waals surface area (Å²) < 4.78 is 13.0. The van der Waals surface area contributed by atoms with E-state index in [0.29, 0.717) is 12.5 Å². The van der Waals surface area contributed by atoms with Crippen molar-refractivity contribution < 1.29 is 9.18 Å². The molecule has 0 spiro atoms. The van der Waals surface area contributed by atoms with Crippen LogP contribution < -0.4 is 10.6 Å². The molecule has 4 heteroatoms. The van der Waals surface area contributed by atoms with Gasteiger partial charge in [-0.1, -0.05) is 12.1 Å². The number of benzene rings is 1. The summed E-state index contributed by atoms with van der Waals surface area (Å²) in [6, 6.07) is 6.45. The van der Waals surface area contributed by atoms with E-state index in [9.17, 15) is 9.18 Å². The second-order valence-corrected chi connectivity index (χ2v) is 5.15. The van der Waals surface area contributed by atoms with Crippen LogP contribution in [-0.2, 0) is 4.79 Å². The van der Waals surface area contributed by atoms with Crippen molar-refractivity contribution in [1.82, 2.24) is 10.6 Å². The van der Waals surface area contributed by atoms with Gasteiger partial charge in [-0.15, -0.1) is 0 Å². The van der Waals surface area contributed by atoms with Crippen molar-refractivity contribution in [1.29, 1.82) is 0 Å². The van der Waals surface area contributed by atoms with Gasteiger partial charge in [0.05, 0.1) is 6.04 Å². The fraction of sp³-hybridized carbons (Fsp3) is 0.533. The Morgan fingerprint density at radius 2 is 2.00 bits per heavy atom. The molecule has 0 saturated heterocycles. The molecule has 0 heterocycles. The minimum atomic E-state index is -0.240. The Morgan fingerprint density at radius 3 is 2.53 bits per heavy atom. The van der Waals surface area contributed by atoms with Crippen molar-refractivity contribution in [2.75, 3.05) is 6.54 Å². The molecule has 1 fully saturated rings. The molecule has 2 rings (SSSR count). The van der Waals surface area contributed by atoms with E-state index in [-0.39, 0.29) is 23.8 Å². The van der Waals surface area contributed by atoms with Gasteiger partial charge in [-0.2, -0.15) is 0 Å². The summed E-state index contributed by atoms with van der Waals surface area (Å²) in [5.74, 6) is 0.340. The molecule has 1 aliphatic rings. The lowest BCUT2D eigenvalue weighted by molar-refractivity contribution is -0.122. The summed E-state index contributed by atoms with van der Waals surface area (Å²) >= 11 is 0. The third-order valence-corrected chi connectivity index (χ3v) is 3.50. The molecule has 104 valence electrons. The van der Waals surface area contributed by atoms with E-state index in [1.54, 1.807) is 12.1 Å². The predicted molar refractivity (Wildman–Crippen MR) is 73.1 cm³/mol. The SMILES string of the molecule is CCNC(=O)C(C)NC(c1ccc(F)cc1)C1CC1. The monoisotopic (exact) mass is 264 g/mol. The van der Waals surface area contributed by atoms with Crippen LogP contribution in [0, 0.1) is 11.7 Å². The van der Waals surface area contributed by atoms with Gasteiger partial charge in [0, 0.05) is 12.6 Å². The van der Waals surface area contributed by atoms with Gasteiger partial charge in [0.2, 0.25) is 5.91 Å². The normalized spacial score (nSPS) is 17.8. The van der Waals surface area contributed by atoms with Crippen LogP contribution in [-0.4, -0.2) is 18.5 Å². The first-order valence-corrected chi connectivity index (χ1v) is 6.91. The van der Waals surface area contributed by atoms with Gasteiger partial charge < -0.3 is 5.32 Å². The summed E-state index contributed by atoms with van der Waals surface area (Å²) in [5, 5.41) is 6.17. The molecule has 2 N–H and O–H groups in total. The van der Waals surface area contributed by atoms with Crippen LogP contribution in [0.25, 0.3) is 0 Å². The Kier molecular flexibility index (Phi) is 4.53. The van der Waals surface area contributed by atoms with Gasteiger partial charge in [-0.05, 0) is 50.3 Å². The number of hydrogen-bond acceptors (Lipinski definition) is 2. The second kappa shape index (κ2) is 6.15. The Bertz CT molecular complexity index is 428. The van der Waals surface area contributed by atoms with Crippen molar-refractivity contribution in [2.24, 2.45) is 5.92 Å². The van der Waals surface area contributed by atoms with Gasteiger partial charge >= 0.3 is 0 Å². The van der Waals surface area contributed by atoms with Gasteiger partial charge in [0.15, 0.2) is 0 Å². The number of likely N-dealkylation sites (N-methyl/N-ethyl adjacent to an activating group) is 1. The van der Waals surface area contributed by atoms with E-state index >= 15 is 0 Å². The summed E-state index contributed by atoms with van der Waals surface area (Å²) in [7, 11) is 0. The Hall–Kier alpha value is -1.42. The largest absolute Gasteiger partial charge is 0.355 e. The summed E-state index contributed by atoms with van der Waals surface area (Å²) in [6.45, 7) is 4.41. The summed E-state index contributed by atoms with van der Waals surface area (Å²) in [6.07, 6.45) is 2.33. The zero-order valence-corrected chi connectivity index (χ0v) is 11.4. The fourth-order valence-corrected chi connectivity index (χ4v) is 2.28. The van der Waals surface area contributed by atoms with Crippen LogP contribution in [0.2, 0.25) is 0 Å². The van der Waals surface area contributed by atoms with E-state index in [4.69, 9.17) is 0 Å². The molecule has 0 radical (unpaired) electrons. The zero-order chi connectivity index (χ0) is 13.8. The molecular weight excluding hydrogens is 243 g/mol. The lowest BCUT2D eigenvalue weighted by Gasteiger charge is -2.23. The van der Waals surface area contributed by atoms with Crippen LogP contribution in [0.15, 0.2) is 24.3 Å². The van der Waals surface area contributed by atoms with Gasteiger partial charge in [-0.3, -0.25) is 10.1 Å². The third-order valence-electron chi connectivity index (χ3n) is 3.50. The Labute approximate surface area is 113 Å². The minimum Gasteiger partial charge on any atom is -0.355 e. The Balaban J connectivity index is 2.04. The lowest BCUT2D eigenvalue weighted by atomic mass is 10.0. The lowest BCUT2D eigenvalue weighted by Crippen LogP contribution is -2.44. The number of halogens is 1. The first-order chi connectivity index (χ1) is 9.11. The molecule has 0 aromatic heterocycles. The molecule has 2 unspecified atom stereocenters. The van der Waals surface area contributed by atoms with Crippen LogP contribution in [0.3, 0.4) is 0 Å². The molecule has 19 heavy (non-hydrogen) atoms. The predicted octanol–water partition coefficient (Wildman–Crippen LogP) is 2.39. The zero-order valence-electron chi connectivity index (χ0n) is 11.4. The van der Waals surface area contributed by atoms with Crippen molar-refractivity contribution in [3.63, 3.8) is 0 Å². The fourth-order valence-electron chi connectivity index (χ4n) is 2.28. The molecule has 1 aromatic rings. The number of carbonyl (C=O) groups is 1. The quantitative estimate of drug-likeness (QED) is 0.828. The van der Waals surface area contributed by atoms with Crippen molar-refractivity contribution in [3.8, 4) is 0 Å². The van der Waals surface area contributed by atoms with Gasteiger partial charge in [-0.25, -0.2) is 4.39 Å². The van der Waals surface area contributed by atoms with E-state index in [2.05, 4.69) is 10.6 Å². The molecule has 2 atom stereocenters. The van der Waals surface area contributed by atoms with E-state index in [0.717, 1.165) is 18.4 Å². The molecular formula is C15H21FN2O. The van der Waals surface area contributed by atoms with Crippen molar-refractivity contribution in [3.05, 3.63) is 35.6 Å². The number of rotatable bonds is 6. The topological polar surface area (TPSA) is 41.1 Å². The van der Waals surface area contributed by atoms with Crippen molar-refractivity contribution in [2.45, 2.75) is 38.8 Å². The number of nitrogens with one attached hydrogen (secondary N) is 2. The maximum absolute atomic E-state index is 13.0. The highest BCUT2D eigenvalue weighted by Gasteiger charge is 2.33. The van der Waals surface area contributed by atoms with Crippen LogP contribution in [0.1, 0.15) is 38.3 Å². The Morgan fingerprint density at radius 1 is 1.37 bits per heavy atom. The standard InChI is InChI=1S/C15H21FN2O/c1-3-17-15(19)10(2)18-14(11-4-5-11)12-6-8-13(16)9-7-12/h6-11,14,18H,3-5H2,1-2H3,(H,17,19). The van der Waals surface area contributed by atoms with Gasteiger partial charge in [0.1, 0.15) is 5.82 Å². The summed E-state index contributed by atoms with van der Waals surface area (Å²) in [4.78, 5) is 11.8. The van der Waals surface area contributed by atoms with Crippen LogP contribution >= 0.6 is 0 Å². The van der Waals surface area contributed by atoms with E-state index in [1.807, 2.05) is 13.8 Å². The minimum absolute atomic E-state index is 0.00950. The van der Waals surface area contributed by atoms with Crippen molar-refractivity contribution >= 4 is 5.91 Å². The number of carbonyl (C=O) groups excluding carboxylic acids is 1.